The molecule has 13 heavy (non-hydrogen) atoms. The first kappa shape index (κ1) is 10.0. The zero-order chi connectivity index (χ0) is 9.68. The van der Waals surface area contributed by atoms with Crippen molar-refractivity contribution in [3.8, 4) is 6.07 Å². The molecule has 0 saturated carbocycles. The highest BCUT2D eigenvalue weighted by molar-refractivity contribution is 5.72. The van der Waals surface area contributed by atoms with Gasteiger partial charge < -0.3 is 4.74 Å². The third-order valence-corrected chi connectivity index (χ3v) is 2.17. The Balaban J connectivity index is 2.30. The van der Waals surface area contributed by atoms with Crippen LogP contribution in [0.5, 0.6) is 0 Å². The summed E-state index contributed by atoms with van der Waals surface area (Å²) in [4.78, 5) is 13.0. The van der Waals surface area contributed by atoms with Crippen LogP contribution in [0.4, 0.5) is 0 Å². The molecule has 1 unspecified atom stereocenters. The van der Waals surface area contributed by atoms with E-state index in [4.69, 9.17) is 10.00 Å². The van der Waals surface area contributed by atoms with E-state index in [1.807, 2.05) is 6.92 Å². The van der Waals surface area contributed by atoms with E-state index in [0.29, 0.717) is 19.6 Å². The zero-order valence-electron chi connectivity index (χ0n) is 7.82. The Kier molecular flexibility index (Phi) is 3.71. The number of hydrogen-bond acceptors (Lipinski definition) is 4. The summed E-state index contributed by atoms with van der Waals surface area (Å²) >= 11 is 0. The highest BCUT2D eigenvalue weighted by Crippen LogP contribution is 2.07. The lowest BCUT2D eigenvalue weighted by molar-refractivity contribution is -0.153. The number of unbranched alkanes of at least 4 members (excludes halogenated alkanes) is 1. The van der Waals surface area contributed by atoms with Crippen LogP contribution in [0.25, 0.3) is 0 Å². The van der Waals surface area contributed by atoms with Gasteiger partial charge in [-0.25, -0.2) is 0 Å². The van der Waals surface area contributed by atoms with Gasteiger partial charge in [0.25, 0.3) is 0 Å². The minimum Gasteiger partial charge on any atom is -0.463 e. The van der Waals surface area contributed by atoms with Crippen molar-refractivity contribution in [2.75, 3.05) is 19.7 Å². The van der Waals surface area contributed by atoms with E-state index in [-0.39, 0.29) is 12.0 Å². The molecule has 0 spiro atoms. The molecule has 4 nitrogen and oxygen atoms in total. The van der Waals surface area contributed by atoms with E-state index >= 15 is 0 Å². The van der Waals surface area contributed by atoms with Crippen LogP contribution in [-0.2, 0) is 9.53 Å². The highest BCUT2D eigenvalue weighted by Gasteiger charge is 2.23. The van der Waals surface area contributed by atoms with Crippen molar-refractivity contribution in [3.05, 3.63) is 0 Å². The number of carbonyl (C=O) groups excluding carboxylic acids is 1. The van der Waals surface area contributed by atoms with Gasteiger partial charge in [-0.05, 0) is 13.3 Å². The molecule has 0 aliphatic carbocycles. The summed E-state index contributed by atoms with van der Waals surface area (Å²) in [7, 11) is 0. The van der Waals surface area contributed by atoms with Crippen LogP contribution >= 0.6 is 0 Å². The van der Waals surface area contributed by atoms with Crippen LogP contribution in [0, 0.1) is 11.3 Å². The molecule has 1 aliphatic heterocycles. The number of cyclic esters (lactones) is 1. The number of ether oxygens (including phenoxy) is 1. The number of nitriles is 1. The number of morpholine rings is 1. The van der Waals surface area contributed by atoms with Gasteiger partial charge in [-0.3, -0.25) is 9.69 Å². The van der Waals surface area contributed by atoms with E-state index < -0.39 is 0 Å². The highest BCUT2D eigenvalue weighted by atomic mass is 16.5. The van der Waals surface area contributed by atoms with Crippen molar-refractivity contribution in [1.82, 2.24) is 4.90 Å². The first-order valence-corrected chi connectivity index (χ1v) is 4.50. The van der Waals surface area contributed by atoms with Gasteiger partial charge in [0.1, 0.15) is 6.61 Å². The molecule has 0 N–H and O–H groups in total. The van der Waals surface area contributed by atoms with Crippen molar-refractivity contribution in [2.45, 2.75) is 25.8 Å². The molecule has 1 heterocycles. The fourth-order valence-electron chi connectivity index (χ4n) is 1.35. The molecule has 0 aromatic heterocycles. The zero-order valence-corrected chi connectivity index (χ0v) is 7.82. The van der Waals surface area contributed by atoms with Crippen LogP contribution in [0.1, 0.15) is 19.8 Å². The lowest BCUT2D eigenvalue weighted by Gasteiger charge is -2.31. The molecule has 1 aliphatic rings. The van der Waals surface area contributed by atoms with Crippen molar-refractivity contribution >= 4 is 5.97 Å². The molecule has 1 fully saturated rings. The fourth-order valence-corrected chi connectivity index (χ4v) is 1.35. The van der Waals surface area contributed by atoms with Gasteiger partial charge in [0, 0.05) is 19.0 Å². The summed E-state index contributed by atoms with van der Waals surface area (Å²) in [5.41, 5.74) is 0. The Hall–Kier alpha value is -1.08. The van der Waals surface area contributed by atoms with E-state index in [2.05, 4.69) is 11.0 Å². The number of hydrogen-bond donors (Lipinski definition) is 0. The fraction of sp³-hybridized carbons (Fsp3) is 0.778. The molecule has 1 saturated heterocycles. The van der Waals surface area contributed by atoms with Gasteiger partial charge in [0.05, 0.1) is 12.6 Å². The Bertz CT molecular complexity index is 222. The molecular weight excluding hydrogens is 168 g/mol. The van der Waals surface area contributed by atoms with Crippen LogP contribution in [0.2, 0.25) is 0 Å². The number of nitrogens with zero attached hydrogens (tertiary/aromatic N) is 2. The van der Waals surface area contributed by atoms with E-state index in [0.717, 1.165) is 13.0 Å². The van der Waals surface area contributed by atoms with Gasteiger partial charge in [-0.15, -0.1) is 0 Å². The molecule has 0 amide bonds. The quantitative estimate of drug-likeness (QED) is 0.472. The van der Waals surface area contributed by atoms with Gasteiger partial charge in [0.15, 0.2) is 0 Å². The standard InChI is InChI=1S/C9H14N2O2/c1-8-7-13-9(12)6-11(8)5-3-2-4-10/h8H,2-3,5-7H2,1H3. The van der Waals surface area contributed by atoms with Crippen LogP contribution in [0.3, 0.4) is 0 Å². The minimum atomic E-state index is -0.157. The Morgan fingerprint density at radius 2 is 2.54 bits per heavy atom. The third-order valence-electron chi connectivity index (χ3n) is 2.17. The molecule has 4 heteroatoms. The second kappa shape index (κ2) is 4.83. The minimum absolute atomic E-state index is 0.157. The van der Waals surface area contributed by atoms with Crippen LogP contribution in [0.15, 0.2) is 0 Å². The smallest absolute Gasteiger partial charge is 0.320 e. The molecule has 1 atom stereocenters. The van der Waals surface area contributed by atoms with E-state index in [1.54, 1.807) is 0 Å². The molecule has 0 radical (unpaired) electrons. The molecule has 0 bridgehead atoms. The predicted molar refractivity (Wildman–Crippen MR) is 46.8 cm³/mol. The first-order valence-electron chi connectivity index (χ1n) is 4.50. The lowest BCUT2D eigenvalue weighted by Crippen LogP contribution is -2.46. The summed E-state index contributed by atoms with van der Waals surface area (Å²) in [6.45, 7) is 3.68. The van der Waals surface area contributed by atoms with Crippen molar-refractivity contribution in [2.24, 2.45) is 0 Å². The second-order valence-corrected chi connectivity index (χ2v) is 3.26. The monoisotopic (exact) mass is 182 g/mol. The van der Waals surface area contributed by atoms with E-state index in [9.17, 15) is 4.79 Å². The summed E-state index contributed by atoms with van der Waals surface area (Å²) in [5, 5.41) is 8.35. The number of rotatable bonds is 3. The summed E-state index contributed by atoms with van der Waals surface area (Å²) in [6.07, 6.45) is 1.38. The van der Waals surface area contributed by atoms with Crippen molar-refractivity contribution in [1.29, 1.82) is 5.26 Å². The largest absolute Gasteiger partial charge is 0.463 e. The van der Waals surface area contributed by atoms with Crippen molar-refractivity contribution < 1.29 is 9.53 Å². The average Bonchev–Trinajstić information content (AvgIpc) is 2.11. The maximum atomic E-state index is 10.9. The van der Waals surface area contributed by atoms with Crippen molar-refractivity contribution in [3.63, 3.8) is 0 Å². The van der Waals surface area contributed by atoms with Gasteiger partial charge in [0.2, 0.25) is 0 Å². The number of carbonyl (C=O) groups is 1. The molecular formula is C9H14N2O2. The topological polar surface area (TPSA) is 53.3 Å². The lowest BCUT2D eigenvalue weighted by atomic mass is 10.2. The number of esters is 1. The van der Waals surface area contributed by atoms with Crippen LogP contribution < -0.4 is 0 Å². The summed E-state index contributed by atoms with van der Waals surface area (Å²) < 4.78 is 4.88. The SMILES string of the molecule is CC1COC(=O)CN1CCCC#N. The van der Waals surface area contributed by atoms with E-state index in [1.165, 1.54) is 0 Å². The van der Waals surface area contributed by atoms with Gasteiger partial charge in [-0.1, -0.05) is 0 Å². The summed E-state index contributed by atoms with van der Waals surface area (Å²) in [5.74, 6) is -0.157. The molecule has 72 valence electrons. The maximum Gasteiger partial charge on any atom is 0.320 e. The average molecular weight is 182 g/mol. The van der Waals surface area contributed by atoms with Crippen LogP contribution in [-0.4, -0.2) is 36.6 Å². The maximum absolute atomic E-state index is 10.9. The Labute approximate surface area is 78.1 Å². The first-order chi connectivity index (χ1) is 6.24. The third kappa shape index (κ3) is 3.03. The Morgan fingerprint density at radius 3 is 3.23 bits per heavy atom. The molecule has 0 aromatic carbocycles. The predicted octanol–water partition coefficient (Wildman–Crippen LogP) is 0.537. The normalized spacial score (nSPS) is 23.7. The Morgan fingerprint density at radius 1 is 1.77 bits per heavy atom. The molecule has 1 rings (SSSR count). The summed E-state index contributed by atoms with van der Waals surface area (Å²) in [6, 6.07) is 2.38. The second-order valence-electron chi connectivity index (χ2n) is 3.26. The van der Waals surface area contributed by atoms with Gasteiger partial charge in [-0.2, -0.15) is 5.26 Å². The molecule has 0 aromatic rings. The van der Waals surface area contributed by atoms with Gasteiger partial charge >= 0.3 is 5.97 Å².